The number of carbonyl (C=O) groups is 3. The van der Waals surface area contributed by atoms with Crippen molar-refractivity contribution in [2.24, 2.45) is 0 Å². The first-order valence-corrected chi connectivity index (χ1v) is 23.1. The fourth-order valence-corrected chi connectivity index (χ4v) is 5.96. The Hall–Kier alpha value is -3.41. The lowest BCUT2D eigenvalue weighted by atomic mass is 10.1. The number of hydrogen-bond acceptors (Lipinski definition) is 6. The third kappa shape index (κ3) is 43.6. The standard InChI is InChI=1S/C51H84O6/c1-4-7-10-13-16-19-22-25-27-29-32-35-38-41-44-50(53)56-47-48(46-55-49(52)43-40-37-34-31-28-24-21-18-15-12-9-6-3)57-51(54)45-42-39-36-33-30-26-23-20-17-14-11-8-5-2/h7,9-10,12,16,18-19,21,26,28,30-31,36,39,48H,4-6,8,11,13-15,17,20,22-25,27,29,32-35,37-38,40-47H2,1-3H3/b10-7-,12-9-,19-16-,21-18-,30-26-,31-28-,39-36-. The van der Waals surface area contributed by atoms with Crippen LogP contribution in [0.15, 0.2) is 85.1 Å². The van der Waals surface area contributed by atoms with Crippen LogP contribution in [0.4, 0.5) is 0 Å². The van der Waals surface area contributed by atoms with Crippen LogP contribution in [0.5, 0.6) is 0 Å². The highest BCUT2D eigenvalue weighted by molar-refractivity contribution is 5.71. The second-order valence-corrected chi connectivity index (χ2v) is 14.9. The normalized spacial score (nSPS) is 12.8. The summed E-state index contributed by atoms with van der Waals surface area (Å²) in [5.41, 5.74) is 0. The van der Waals surface area contributed by atoms with E-state index in [1.54, 1.807) is 0 Å². The van der Waals surface area contributed by atoms with Gasteiger partial charge in [0.2, 0.25) is 0 Å². The van der Waals surface area contributed by atoms with Crippen molar-refractivity contribution in [1.82, 2.24) is 0 Å². The Morgan fingerprint density at radius 1 is 0.368 bits per heavy atom. The predicted molar refractivity (Wildman–Crippen MR) is 242 cm³/mol. The minimum atomic E-state index is -0.824. The Bertz CT molecular complexity index is 1140. The van der Waals surface area contributed by atoms with Crippen LogP contribution in [0, 0.1) is 0 Å². The zero-order valence-corrected chi connectivity index (χ0v) is 36.8. The maximum absolute atomic E-state index is 12.7. The molecule has 0 aliphatic carbocycles. The Balaban J connectivity index is 4.52. The number of allylic oxidation sites excluding steroid dienone is 14. The molecule has 0 radical (unpaired) electrons. The average molecular weight is 793 g/mol. The van der Waals surface area contributed by atoms with Gasteiger partial charge in [0.05, 0.1) is 0 Å². The number of unbranched alkanes of at least 4 members (excludes halogenated alkanes) is 15. The lowest BCUT2D eigenvalue weighted by Crippen LogP contribution is -2.30. The van der Waals surface area contributed by atoms with Crippen molar-refractivity contribution in [3.8, 4) is 0 Å². The molecule has 57 heavy (non-hydrogen) atoms. The van der Waals surface area contributed by atoms with E-state index in [0.717, 1.165) is 89.9 Å². The molecule has 0 aliphatic heterocycles. The lowest BCUT2D eigenvalue weighted by Gasteiger charge is -2.18. The number of esters is 3. The van der Waals surface area contributed by atoms with Gasteiger partial charge in [0.25, 0.3) is 0 Å². The summed E-state index contributed by atoms with van der Waals surface area (Å²) in [6.07, 6.45) is 57.3. The quantitative estimate of drug-likeness (QED) is 0.0266. The van der Waals surface area contributed by atoms with E-state index in [4.69, 9.17) is 14.2 Å². The minimum Gasteiger partial charge on any atom is -0.462 e. The van der Waals surface area contributed by atoms with Crippen LogP contribution in [0.25, 0.3) is 0 Å². The van der Waals surface area contributed by atoms with Crippen LogP contribution in [0.1, 0.15) is 201 Å². The second kappa shape index (κ2) is 45.3. The summed E-state index contributed by atoms with van der Waals surface area (Å²) in [4.78, 5) is 37.7. The zero-order valence-electron chi connectivity index (χ0n) is 36.8. The van der Waals surface area contributed by atoms with Gasteiger partial charge in [-0.15, -0.1) is 0 Å². The highest BCUT2D eigenvalue weighted by Gasteiger charge is 2.19. The first kappa shape index (κ1) is 53.6. The van der Waals surface area contributed by atoms with E-state index >= 15 is 0 Å². The van der Waals surface area contributed by atoms with Crippen LogP contribution in [-0.2, 0) is 28.6 Å². The summed E-state index contributed by atoms with van der Waals surface area (Å²) in [6.45, 7) is 6.29. The van der Waals surface area contributed by atoms with Gasteiger partial charge >= 0.3 is 17.9 Å². The minimum absolute atomic E-state index is 0.117. The molecule has 0 N–H and O–H groups in total. The summed E-state index contributed by atoms with van der Waals surface area (Å²) in [6, 6.07) is 0. The molecule has 324 valence electrons. The monoisotopic (exact) mass is 793 g/mol. The molecule has 0 aliphatic rings. The molecule has 1 unspecified atom stereocenters. The maximum atomic E-state index is 12.7. The molecule has 0 bridgehead atoms. The molecule has 0 aromatic rings. The highest BCUT2D eigenvalue weighted by atomic mass is 16.6. The van der Waals surface area contributed by atoms with Gasteiger partial charge in [0, 0.05) is 19.3 Å². The van der Waals surface area contributed by atoms with E-state index in [9.17, 15) is 14.4 Å². The number of carbonyl (C=O) groups excluding carboxylic acids is 3. The zero-order chi connectivity index (χ0) is 41.5. The number of ether oxygens (including phenoxy) is 3. The highest BCUT2D eigenvalue weighted by Crippen LogP contribution is 2.12. The van der Waals surface area contributed by atoms with Crippen molar-refractivity contribution >= 4 is 17.9 Å². The molecule has 1 atom stereocenters. The Labute approximate surface area is 350 Å². The van der Waals surface area contributed by atoms with Crippen molar-refractivity contribution in [2.45, 2.75) is 207 Å². The van der Waals surface area contributed by atoms with Crippen LogP contribution in [0.3, 0.4) is 0 Å². The Kier molecular flexibility index (Phi) is 42.6. The van der Waals surface area contributed by atoms with Gasteiger partial charge in [-0.25, -0.2) is 0 Å². The van der Waals surface area contributed by atoms with Gasteiger partial charge in [-0.05, 0) is 96.3 Å². The molecule has 0 amide bonds. The first-order valence-electron chi connectivity index (χ1n) is 23.1. The fraction of sp³-hybridized carbons (Fsp3) is 0.667. The van der Waals surface area contributed by atoms with E-state index in [1.165, 1.54) is 64.2 Å². The summed E-state index contributed by atoms with van der Waals surface area (Å²) in [5.74, 6) is -1.04. The van der Waals surface area contributed by atoms with Crippen LogP contribution in [-0.4, -0.2) is 37.2 Å². The molecule has 0 aromatic heterocycles. The summed E-state index contributed by atoms with van der Waals surface area (Å²) < 4.78 is 16.6. The van der Waals surface area contributed by atoms with E-state index in [0.29, 0.717) is 19.3 Å². The first-order chi connectivity index (χ1) is 28.0. The van der Waals surface area contributed by atoms with Crippen molar-refractivity contribution in [2.75, 3.05) is 13.2 Å². The van der Waals surface area contributed by atoms with Crippen LogP contribution < -0.4 is 0 Å². The largest absolute Gasteiger partial charge is 0.462 e. The lowest BCUT2D eigenvalue weighted by molar-refractivity contribution is -0.166. The van der Waals surface area contributed by atoms with Gasteiger partial charge in [-0.3, -0.25) is 14.4 Å². The number of rotatable bonds is 40. The molecule has 0 aromatic carbocycles. The van der Waals surface area contributed by atoms with Crippen LogP contribution in [0.2, 0.25) is 0 Å². The molecule has 0 fully saturated rings. The van der Waals surface area contributed by atoms with E-state index < -0.39 is 12.1 Å². The molecule has 0 saturated carbocycles. The SMILES string of the molecule is CC/C=C\C/C=C\C/C=C\CCCCC(=O)OCC(COC(=O)CCCCCCCCC/C=C\C/C=C\CC)OC(=O)CC/C=C\C/C=C\CCCCCCCC. The topological polar surface area (TPSA) is 78.9 Å². The van der Waals surface area contributed by atoms with Gasteiger partial charge in [-0.2, -0.15) is 0 Å². The molecular weight excluding hydrogens is 709 g/mol. The van der Waals surface area contributed by atoms with Gasteiger partial charge in [0.1, 0.15) is 13.2 Å². The average Bonchev–Trinajstić information content (AvgIpc) is 3.21. The Morgan fingerprint density at radius 2 is 0.719 bits per heavy atom. The van der Waals surface area contributed by atoms with Gasteiger partial charge in [-0.1, -0.05) is 170 Å². The second-order valence-electron chi connectivity index (χ2n) is 14.9. The third-order valence-electron chi connectivity index (χ3n) is 9.38. The third-order valence-corrected chi connectivity index (χ3v) is 9.38. The number of hydrogen-bond donors (Lipinski definition) is 0. The van der Waals surface area contributed by atoms with E-state index in [-0.39, 0.29) is 31.6 Å². The molecule has 0 rings (SSSR count). The smallest absolute Gasteiger partial charge is 0.306 e. The molecule has 6 nitrogen and oxygen atoms in total. The van der Waals surface area contributed by atoms with Gasteiger partial charge < -0.3 is 14.2 Å². The Morgan fingerprint density at radius 3 is 1.18 bits per heavy atom. The van der Waals surface area contributed by atoms with E-state index in [1.807, 2.05) is 6.08 Å². The molecular formula is C51H84O6. The molecule has 0 spiro atoms. The van der Waals surface area contributed by atoms with E-state index in [2.05, 4.69) is 99.8 Å². The summed E-state index contributed by atoms with van der Waals surface area (Å²) >= 11 is 0. The van der Waals surface area contributed by atoms with Crippen molar-refractivity contribution < 1.29 is 28.6 Å². The van der Waals surface area contributed by atoms with Crippen LogP contribution >= 0.6 is 0 Å². The molecule has 6 heteroatoms. The molecule has 0 saturated heterocycles. The summed E-state index contributed by atoms with van der Waals surface area (Å²) in [5, 5.41) is 0. The van der Waals surface area contributed by atoms with Gasteiger partial charge in [0.15, 0.2) is 6.10 Å². The maximum Gasteiger partial charge on any atom is 0.306 e. The van der Waals surface area contributed by atoms with Crippen molar-refractivity contribution in [1.29, 1.82) is 0 Å². The molecule has 0 heterocycles. The predicted octanol–water partition coefficient (Wildman–Crippen LogP) is 14.9. The fourth-order valence-electron chi connectivity index (χ4n) is 5.96. The summed E-state index contributed by atoms with van der Waals surface area (Å²) in [7, 11) is 0. The van der Waals surface area contributed by atoms with Crippen molar-refractivity contribution in [3.05, 3.63) is 85.1 Å². The van der Waals surface area contributed by atoms with Crippen molar-refractivity contribution in [3.63, 3.8) is 0 Å².